The Morgan fingerprint density at radius 1 is 1.50 bits per heavy atom. The lowest BCUT2D eigenvalue weighted by Gasteiger charge is -2.15. The van der Waals surface area contributed by atoms with Gasteiger partial charge >= 0.3 is 0 Å². The first-order chi connectivity index (χ1) is 9.70. The van der Waals surface area contributed by atoms with Gasteiger partial charge in [0.05, 0.1) is 12.1 Å². The van der Waals surface area contributed by atoms with Crippen molar-refractivity contribution in [1.82, 2.24) is 20.2 Å². The molecule has 2 rings (SSSR count). The Bertz CT molecular complexity index is 555. The molecule has 5 nitrogen and oxygen atoms in total. The van der Waals surface area contributed by atoms with E-state index in [1.165, 1.54) is 0 Å². The molecule has 0 fully saturated rings. The monoisotopic (exact) mass is 290 g/mol. The van der Waals surface area contributed by atoms with Crippen LogP contribution in [0.2, 0.25) is 0 Å². The number of rotatable bonds is 6. The average molecular weight is 290 g/mol. The number of nitrogens with one attached hydrogen (secondary N) is 1. The number of carbonyl (C=O) groups excluding carboxylic acids is 1. The lowest BCUT2D eigenvalue weighted by atomic mass is 10.3. The topological polar surface area (TPSA) is 58.1 Å². The second kappa shape index (κ2) is 7.12. The molecule has 0 aliphatic carbocycles. The highest BCUT2D eigenvalue weighted by Crippen LogP contribution is 2.22. The maximum Gasteiger partial charge on any atom is 0.228 e. The molecule has 0 atom stereocenters. The highest BCUT2D eigenvalue weighted by atomic mass is 32.1. The molecule has 0 aliphatic heterocycles. The van der Waals surface area contributed by atoms with Crippen molar-refractivity contribution < 1.29 is 4.79 Å². The predicted molar refractivity (Wildman–Crippen MR) is 80.6 cm³/mol. The van der Waals surface area contributed by atoms with Crippen LogP contribution in [0.25, 0.3) is 10.6 Å². The highest BCUT2D eigenvalue weighted by molar-refractivity contribution is 7.13. The van der Waals surface area contributed by atoms with E-state index in [0.29, 0.717) is 13.0 Å². The van der Waals surface area contributed by atoms with Gasteiger partial charge in [-0.3, -0.25) is 9.78 Å². The van der Waals surface area contributed by atoms with Crippen molar-refractivity contribution in [1.29, 1.82) is 0 Å². The van der Waals surface area contributed by atoms with Crippen LogP contribution in [0.5, 0.6) is 0 Å². The molecule has 20 heavy (non-hydrogen) atoms. The van der Waals surface area contributed by atoms with Gasteiger partial charge in [0.2, 0.25) is 5.91 Å². The van der Waals surface area contributed by atoms with Crippen LogP contribution >= 0.6 is 11.3 Å². The maximum absolute atomic E-state index is 12.0. The quantitative estimate of drug-likeness (QED) is 0.874. The zero-order chi connectivity index (χ0) is 14.4. The summed E-state index contributed by atoms with van der Waals surface area (Å²) < 4.78 is 0. The van der Waals surface area contributed by atoms with E-state index in [9.17, 15) is 4.79 Å². The van der Waals surface area contributed by atoms with Gasteiger partial charge in [-0.2, -0.15) is 0 Å². The summed E-state index contributed by atoms with van der Waals surface area (Å²) >= 11 is 1.54. The molecule has 1 amide bonds. The molecule has 0 aromatic carbocycles. The summed E-state index contributed by atoms with van der Waals surface area (Å²) in [7, 11) is 3.69. The molecule has 2 aromatic rings. The minimum Gasteiger partial charge on any atom is -0.344 e. The fraction of sp³-hybridized carbons (Fsp3) is 0.357. The molecule has 1 N–H and O–H groups in total. The number of pyridine rings is 1. The summed E-state index contributed by atoms with van der Waals surface area (Å²) in [5, 5.41) is 5.87. The molecule has 106 valence electrons. The SMILES string of the molecule is CNCCN(C)C(=O)Cc1csc(-c2cccnc2)n1. The molecule has 0 bridgehead atoms. The van der Waals surface area contributed by atoms with E-state index >= 15 is 0 Å². The van der Waals surface area contributed by atoms with Gasteiger partial charge in [0.1, 0.15) is 5.01 Å². The van der Waals surface area contributed by atoms with Crippen LogP contribution in [-0.2, 0) is 11.2 Å². The van der Waals surface area contributed by atoms with Gasteiger partial charge in [0, 0.05) is 43.5 Å². The van der Waals surface area contributed by atoms with E-state index in [-0.39, 0.29) is 5.91 Å². The van der Waals surface area contributed by atoms with E-state index in [4.69, 9.17) is 0 Å². The number of aromatic nitrogens is 2. The first-order valence-corrected chi connectivity index (χ1v) is 7.32. The van der Waals surface area contributed by atoms with E-state index < -0.39 is 0 Å². The average Bonchev–Trinajstić information content (AvgIpc) is 2.94. The van der Waals surface area contributed by atoms with Crippen molar-refractivity contribution in [3.05, 3.63) is 35.6 Å². The molecule has 0 unspecified atom stereocenters. The van der Waals surface area contributed by atoms with Gasteiger partial charge in [0.25, 0.3) is 0 Å². The Balaban J connectivity index is 1.98. The third-order valence-electron chi connectivity index (χ3n) is 2.92. The van der Waals surface area contributed by atoms with Crippen LogP contribution in [-0.4, -0.2) is 48.0 Å². The molecule has 0 saturated carbocycles. The van der Waals surface area contributed by atoms with Gasteiger partial charge in [-0.05, 0) is 19.2 Å². The molecular weight excluding hydrogens is 272 g/mol. The number of carbonyl (C=O) groups is 1. The number of nitrogens with zero attached hydrogens (tertiary/aromatic N) is 3. The molecule has 6 heteroatoms. The first kappa shape index (κ1) is 14.6. The van der Waals surface area contributed by atoms with Crippen LogP contribution < -0.4 is 5.32 Å². The molecule has 0 radical (unpaired) electrons. The smallest absolute Gasteiger partial charge is 0.228 e. The van der Waals surface area contributed by atoms with Crippen LogP contribution in [0.4, 0.5) is 0 Å². The molecule has 0 aliphatic rings. The Labute approximate surface area is 122 Å². The predicted octanol–water partition coefficient (Wildman–Crippen LogP) is 1.43. The van der Waals surface area contributed by atoms with Crippen molar-refractivity contribution in [3.63, 3.8) is 0 Å². The Morgan fingerprint density at radius 3 is 3.05 bits per heavy atom. The molecule has 0 spiro atoms. The minimum absolute atomic E-state index is 0.0864. The fourth-order valence-electron chi connectivity index (χ4n) is 1.70. The Kier molecular flexibility index (Phi) is 5.20. The summed E-state index contributed by atoms with van der Waals surface area (Å²) in [4.78, 5) is 22.3. The summed E-state index contributed by atoms with van der Waals surface area (Å²) in [6.45, 7) is 1.50. The molecular formula is C14H18N4OS. The van der Waals surface area contributed by atoms with Crippen LogP contribution in [0.1, 0.15) is 5.69 Å². The minimum atomic E-state index is 0.0864. The van der Waals surface area contributed by atoms with Crippen molar-refractivity contribution in [2.24, 2.45) is 0 Å². The second-order valence-corrected chi connectivity index (χ2v) is 5.34. The zero-order valence-corrected chi connectivity index (χ0v) is 12.5. The number of hydrogen-bond donors (Lipinski definition) is 1. The normalized spacial score (nSPS) is 10.5. The Hall–Kier alpha value is -1.79. The lowest BCUT2D eigenvalue weighted by Crippen LogP contribution is -2.33. The lowest BCUT2D eigenvalue weighted by molar-refractivity contribution is -0.129. The van der Waals surface area contributed by atoms with Gasteiger partial charge in [0.15, 0.2) is 0 Å². The summed E-state index contributed by atoms with van der Waals surface area (Å²) in [6.07, 6.45) is 3.86. The first-order valence-electron chi connectivity index (χ1n) is 6.44. The van der Waals surface area contributed by atoms with E-state index in [0.717, 1.165) is 22.8 Å². The standard InChI is InChI=1S/C14H18N4OS/c1-15-6-7-18(2)13(19)8-12-10-20-14(17-12)11-4-3-5-16-9-11/h3-5,9-10,15H,6-8H2,1-2H3. The fourth-order valence-corrected chi connectivity index (χ4v) is 2.51. The van der Waals surface area contributed by atoms with Gasteiger partial charge in [-0.15, -0.1) is 11.3 Å². The second-order valence-electron chi connectivity index (χ2n) is 4.48. The number of thiazole rings is 1. The highest BCUT2D eigenvalue weighted by Gasteiger charge is 2.12. The maximum atomic E-state index is 12.0. The summed E-state index contributed by atoms with van der Waals surface area (Å²) in [6, 6.07) is 3.85. The van der Waals surface area contributed by atoms with Gasteiger partial charge in [-0.25, -0.2) is 4.98 Å². The number of amides is 1. The van der Waals surface area contributed by atoms with E-state index in [1.807, 2.05) is 31.6 Å². The molecule has 0 saturated heterocycles. The summed E-state index contributed by atoms with van der Waals surface area (Å²) in [5.41, 5.74) is 1.80. The molecule has 2 heterocycles. The van der Waals surface area contributed by atoms with E-state index in [2.05, 4.69) is 15.3 Å². The zero-order valence-electron chi connectivity index (χ0n) is 11.7. The van der Waals surface area contributed by atoms with Gasteiger partial charge < -0.3 is 10.2 Å². The third kappa shape index (κ3) is 3.85. The third-order valence-corrected chi connectivity index (χ3v) is 3.86. The Morgan fingerprint density at radius 2 is 2.35 bits per heavy atom. The number of likely N-dealkylation sites (N-methyl/N-ethyl adjacent to an activating group) is 2. The van der Waals surface area contributed by atoms with Crippen LogP contribution in [0, 0.1) is 0 Å². The van der Waals surface area contributed by atoms with Crippen molar-refractivity contribution in [2.45, 2.75) is 6.42 Å². The summed E-state index contributed by atoms with van der Waals surface area (Å²) in [5.74, 6) is 0.0864. The number of hydrogen-bond acceptors (Lipinski definition) is 5. The van der Waals surface area contributed by atoms with E-state index in [1.54, 1.807) is 28.6 Å². The van der Waals surface area contributed by atoms with Crippen molar-refractivity contribution in [2.75, 3.05) is 27.2 Å². The van der Waals surface area contributed by atoms with Crippen molar-refractivity contribution in [3.8, 4) is 10.6 Å². The molecule has 2 aromatic heterocycles. The van der Waals surface area contributed by atoms with Crippen LogP contribution in [0.15, 0.2) is 29.9 Å². The van der Waals surface area contributed by atoms with Gasteiger partial charge in [-0.1, -0.05) is 0 Å². The van der Waals surface area contributed by atoms with Crippen LogP contribution in [0.3, 0.4) is 0 Å². The largest absolute Gasteiger partial charge is 0.344 e. The van der Waals surface area contributed by atoms with Crippen molar-refractivity contribution >= 4 is 17.2 Å².